The standard InChI is InChI=1S/C16H13Cl2FN2O3/c1-9(24-14-7-6-10(17)8-12(14)18)15(22)20-21-16(23)11-4-2-3-5-13(11)19/h2-9H,1H3,(H,20,22)(H,21,23)/t9-/m0/s1. The molecule has 0 unspecified atom stereocenters. The molecule has 2 rings (SSSR count). The van der Waals surface area contributed by atoms with Gasteiger partial charge in [0.05, 0.1) is 10.6 Å². The van der Waals surface area contributed by atoms with Gasteiger partial charge in [-0.05, 0) is 37.3 Å². The Kier molecular flexibility index (Phi) is 6.00. The monoisotopic (exact) mass is 370 g/mol. The molecule has 1 atom stereocenters. The number of benzene rings is 2. The van der Waals surface area contributed by atoms with Gasteiger partial charge < -0.3 is 4.74 Å². The first-order valence-electron chi connectivity index (χ1n) is 6.85. The molecule has 2 aromatic carbocycles. The molecular weight excluding hydrogens is 358 g/mol. The molecule has 0 saturated carbocycles. The number of rotatable bonds is 4. The molecule has 0 heterocycles. The van der Waals surface area contributed by atoms with E-state index in [9.17, 15) is 14.0 Å². The van der Waals surface area contributed by atoms with Crippen LogP contribution in [0.4, 0.5) is 4.39 Å². The zero-order valence-electron chi connectivity index (χ0n) is 12.5. The summed E-state index contributed by atoms with van der Waals surface area (Å²) >= 11 is 11.7. The molecule has 2 aromatic rings. The van der Waals surface area contributed by atoms with Crippen molar-refractivity contribution in [2.45, 2.75) is 13.0 Å². The summed E-state index contributed by atoms with van der Waals surface area (Å²) in [5, 5.41) is 0.680. The third-order valence-electron chi connectivity index (χ3n) is 2.98. The summed E-state index contributed by atoms with van der Waals surface area (Å²) in [5.41, 5.74) is 4.09. The lowest BCUT2D eigenvalue weighted by molar-refractivity contribution is -0.128. The second-order valence-corrected chi connectivity index (χ2v) is 5.60. The number of hydrazine groups is 1. The number of hydrogen-bond donors (Lipinski definition) is 2. The fourth-order valence-corrected chi connectivity index (χ4v) is 2.20. The highest BCUT2D eigenvalue weighted by Gasteiger charge is 2.18. The van der Waals surface area contributed by atoms with E-state index < -0.39 is 23.7 Å². The third kappa shape index (κ3) is 4.59. The average molecular weight is 371 g/mol. The number of ether oxygens (including phenoxy) is 1. The fourth-order valence-electron chi connectivity index (χ4n) is 1.75. The highest BCUT2D eigenvalue weighted by Crippen LogP contribution is 2.28. The van der Waals surface area contributed by atoms with Gasteiger partial charge in [-0.2, -0.15) is 0 Å². The first-order valence-corrected chi connectivity index (χ1v) is 7.60. The Morgan fingerprint density at radius 3 is 2.50 bits per heavy atom. The van der Waals surface area contributed by atoms with E-state index in [4.69, 9.17) is 27.9 Å². The number of amides is 2. The van der Waals surface area contributed by atoms with Gasteiger partial charge >= 0.3 is 0 Å². The molecule has 0 aliphatic heterocycles. The molecular formula is C16H13Cl2FN2O3. The highest BCUT2D eigenvalue weighted by molar-refractivity contribution is 6.35. The van der Waals surface area contributed by atoms with Crippen molar-refractivity contribution in [2.24, 2.45) is 0 Å². The molecule has 0 spiro atoms. The summed E-state index contributed by atoms with van der Waals surface area (Å²) in [6.07, 6.45) is -0.954. The summed E-state index contributed by atoms with van der Waals surface area (Å²) in [6.45, 7) is 1.47. The summed E-state index contributed by atoms with van der Waals surface area (Å²) in [5.74, 6) is -1.84. The lowest BCUT2D eigenvalue weighted by atomic mass is 10.2. The molecule has 2 N–H and O–H groups in total. The maximum absolute atomic E-state index is 13.5. The minimum absolute atomic E-state index is 0.188. The van der Waals surface area contributed by atoms with E-state index in [1.807, 2.05) is 0 Å². The van der Waals surface area contributed by atoms with Crippen LogP contribution in [-0.4, -0.2) is 17.9 Å². The van der Waals surface area contributed by atoms with Crippen molar-refractivity contribution in [3.8, 4) is 5.75 Å². The van der Waals surface area contributed by atoms with E-state index in [-0.39, 0.29) is 16.3 Å². The van der Waals surface area contributed by atoms with Crippen molar-refractivity contribution < 1.29 is 18.7 Å². The Bertz CT molecular complexity index is 771. The number of halogens is 3. The Morgan fingerprint density at radius 1 is 1.12 bits per heavy atom. The van der Waals surface area contributed by atoms with Gasteiger partial charge in [-0.1, -0.05) is 35.3 Å². The van der Waals surface area contributed by atoms with E-state index in [1.165, 1.54) is 37.3 Å². The molecule has 0 aliphatic rings. The van der Waals surface area contributed by atoms with Crippen LogP contribution in [0, 0.1) is 5.82 Å². The number of carbonyl (C=O) groups is 2. The van der Waals surface area contributed by atoms with Crippen molar-refractivity contribution in [1.29, 1.82) is 0 Å². The van der Waals surface area contributed by atoms with Crippen molar-refractivity contribution >= 4 is 35.0 Å². The van der Waals surface area contributed by atoms with Crippen LogP contribution < -0.4 is 15.6 Å². The van der Waals surface area contributed by atoms with Crippen LogP contribution >= 0.6 is 23.2 Å². The van der Waals surface area contributed by atoms with Gasteiger partial charge in [0.2, 0.25) is 0 Å². The molecule has 0 radical (unpaired) electrons. The second kappa shape index (κ2) is 7.99. The summed E-state index contributed by atoms with van der Waals surface area (Å²) in [6, 6.07) is 9.96. The first-order chi connectivity index (χ1) is 11.4. The SMILES string of the molecule is C[C@H](Oc1ccc(Cl)cc1Cl)C(=O)NNC(=O)c1ccccc1F. The zero-order chi connectivity index (χ0) is 17.7. The van der Waals surface area contributed by atoms with Crippen LogP contribution in [0.15, 0.2) is 42.5 Å². The van der Waals surface area contributed by atoms with Gasteiger partial charge in [0.25, 0.3) is 11.8 Å². The van der Waals surface area contributed by atoms with Crippen molar-refractivity contribution in [3.05, 3.63) is 63.9 Å². The molecule has 0 fully saturated rings. The maximum Gasteiger partial charge on any atom is 0.279 e. The molecule has 0 aromatic heterocycles. The Morgan fingerprint density at radius 2 is 1.83 bits per heavy atom. The molecule has 0 aliphatic carbocycles. The normalized spacial score (nSPS) is 11.5. The van der Waals surface area contributed by atoms with Crippen LogP contribution in [0.5, 0.6) is 5.75 Å². The largest absolute Gasteiger partial charge is 0.479 e. The van der Waals surface area contributed by atoms with Gasteiger partial charge in [0.15, 0.2) is 6.10 Å². The lowest BCUT2D eigenvalue weighted by Gasteiger charge is -2.16. The van der Waals surface area contributed by atoms with Crippen LogP contribution in [-0.2, 0) is 4.79 Å². The van der Waals surface area contributed by atoms with E-state index in [0.717, 1.165) is 6.07 Å². The molecule has 8 heteroatoms. The predicted molar refractivity (Wildman–Crippen MR) is 88.6 cm³/mol. The quantitative estimate of drug-likeness (QED) is 0.810. The molecule has 24 heavy (non-hydrogen) atoms. The summed E-state index contributed by atoms with van der Waals surface area (Å²) in [4.78, 5) is 23.7. The smallest absolute Gasteiger partial charge is 0.279 e. The molecule has 2 amide bonds. The van der Waals surface area contributed by atoms with Crippen LogP contribution in [0.25, 0.3) is 0 Å². The summed E-state index contributed by atoms with van der Waals surface area (Å²) in [7, 11) is 0. The summed E-state index contributed by atoms with van der Waals surface area (Å²) < 4.78 is 18.9. The number of carbonyl (C=O) groups excluding carboxylic acids is 2. The van der Waals surface area contributed by atoms with Gasteiger partial charge in [0, 0.05) is 5.02 Å². The molecule has 5 nitrogen and oxygen atoms in total. The van der Waals surface area contributed by atoms with Crippen molar-refractivity contribution in [1.82, 2.24) is 10.9 Å². The highest BCUT2D eigenvalue weighted by atomic mass is 35.5. The van der Waals surface area contributed by atoms with Crippen molar-refractivity contribution in [3.63, 3.8) is 0 Å². The van der Waals surface area contributed by atoms with Gasteiger partial charge in [-0.15, -0.1) is 0 Å². The number of nitrogens with one attached hydrogen (secondary N) is 2. The van der Waals surface area contributed by atoms with E-state index in [1.54, 1.807) is 6.07 Å². The second-order valence-electron chi connectivity index (χ2n) is 4.76. The van der Waals surface area contributed by atoms with E-state index in [2.05, 4.69) is 10.9 Å². The third-order valence-corrected chi connectivity index (χ3v) is 3.52. The van der Waals surface area contributed by atoms with Crippen LogP contribution in [0.3, 0.4) is 0 Å². The lowest BCUT2D eigenvalue weighted by Crippen LogP contribution is -2.47. The minimum Gasteiger partial charge on any atom is -0.479 e. The van der Waals surface area contributed by atoms with Gasteiger partial charge in [-0.3, -0.25) is 20.4 Å². The van der Waals surface area contributed by atoms with Gasteiger partial charge in [-0.25, -0.2) is 4.39 Å². The topological polar surface area (TPSA) is 67.4 Å². The minimum atomic E-state index is -0.954. The van der Waals surface area contributed by atoms with Gasteiger partial charge in [0.1, 0.15) is 11.6 Å². The Labute approximate surface area is 147 Å². The predicted octanol–water partition coefficient (Wildman–Crippen LogP) is 3.36. The van der Waals surface area contributed by atoms with E-state index >= 15 is 0 Å². The van der Waals surface area contributed by atoms with E-state index in [0.29, 0.717) is 5.02 Å². The first kappa shape index (κ1) is 18.0. The fraction of sp³-hybridized carbons (Fsp3) is 0.125. The zero-order valence-corrected chi connectivity index (χ0v) is 14.0. The molecule has 0 bridgehead atoms. The molecule has 0 saturated heterocycles. The Hall–Kier alpha value is -2.31. The van der Waals surface area contributed by atoms with Crippen molar-refractivity contribution in [2.75, 3.05) is 0 Å². The van der Waals surface area contributed by atoms with Crippen LogP contribution in [0.2, 0.25) is 10.0 Å². The Balaban J connectivity index is 1.92. The van der Waals surface area contributed by atoms with Crippen LogP contribution in [0.1, 0.15) is 17.3 Å². The number of hydrogen-bond acceptors (Lipinski definition) is 3. The average Bonchev–Trinajstić information content (AvgIpc) is 2.55. The molecule has 126 valence electrons. The maximum atomic E-state index is 13.5.